The minimum atomic E-state index is -0.810. The number of hydrogen-bond donors (Lipinski definition) is 2. The van der Waals surface area contributed by atoms with Crippen molar-refractivity contribution in [2.24, 2.45) is 0 Å². The average molecular weight is 274 g/mol. The zero-order chi connectivity index (χ0) is 14.6. The van der Waals surface area contributed by atoms with Gasteiger partial charge in [0.15, 0.2) is 0 Å². The Balaban J connectivity index is 2.11. The van der Waals surface area contributed by atoms with Crippen LogP contribution in [0.4, 0.5) is 5.82 Å². The van der Waals surface area contributed by atoms with Gasteiger partial charge in [-0.25, -0.2) is 4.98 Å². The van der Waals surface area contributed by atoms with Crippen molar-refractivity contribution in [1.29, 1.82) is 0 Å². The van der Waals surface area contributed by atoms with Crippen molar-refractivity contribution in [2.45, 2.75) is 25.9 Å². The highest BCUT2D eigenvalue weighted by Gasteiger charge is 2.20. The second kappa shape index (κ2) is 6.20. The van der Waals surface area contributed by atoms with Crippen LogP contribution < -0.4 is 5.32 Å². The first-order valence-electron chi connectivity index (χ1n) is 6.83. The minimum absolute atomic E-state index is 0.447. The minimum Gasteiger partial charge on any atom is -0.388 e. The van der Waals surface area contributed by atoms with Crippen molar-refractivity contribution in [1.82, 2.24) is 4.98 Å². The zero-order valence-corrected chi connectivity index (χ0v) is 12.3. The first kappa shape index (κ1) is 14.8. The fraction of sp³-hybridized carbons (Fsp3) is 0.438. The molecule has 2 N–H and O–H groups in total. The number of hydrogen-bond acceptors (Lipinski definition) is 4. The number of aromatic nitrogens is 1. The Morgan fingerprint density at radius 1 is 1.35 bits per heavy atom. The maximum Gasteiger partial charge on any atom is 0.129 e. The molecule has 0 saturated carbocycles. The zero-order valence-electron chi connectivity index (χ0n) is 12.3. The third-order valence-electron chi connectivity index (χ3n) is 3.40. The van der Waals surface area contributed by atoms with Gasteiger partial charge in [-0.15, -0.1) is 0 Å². The monoisotopic (exact) mass is 274 g/mol. The number of fused-ring (bicyclic) bond motifs is 1. The van der Waals surface area contributed by atoms with Crippen molar-refractivity contribution in [2.75, 3.05) is 25.6 Å². The van der Waals surface area contributed by atoms with Gasteiger partial charge in [0.25, 0.3) is 0 Å². The van der Waals surface area contributed by atoms with Gasteiger partial charge in [0.2, 0.25) is 0 Å². The van der Waals surface area contributed by atoms with Gasteiger partial charge in [0, 0.05) is 32.1 Å². The molecule has 0 saturated heterocycles. The summed E-state index contributed by atoms with van der Waals surface area (Å²) >= 11 is 0. The fourth-order valence-corrected chi connectivity index (χ4v) is 2.09. The van der Waals surface area contributed by atoms with Crippen LogP contribution in [0.1, 0.15) is 18.9 Å². The number of ether oxygens (including phenoxy) is 1. The van der Waals surface area contributed by atoms with Crippen molar-refractivity contribution in [3.8, 4) is 0 Å². The molecular weight excluding hydrogens is 252 g/mol. The molecule has 4 heteroatoms. The Bertz CT molecular complexity index is 582. The summed E-state index contributed by atoms with van der Waals surface area (Å²) in [6.07, 6.45) is 0.586. The van der Waals surface area contributed by atoms with Crippen LogP contribution in [0.15, 0.2) is 30.3 Å². The second-order valence-corrected chi connectivity index (χ2v) is 5.44. The van der Waals surface area contributed by atoms with Crippen LogP contribution in [-0.4, -0.2) is 36.0 Å². The number of para-hydroxylation sites is 1. The molecule has 0 amide bonds. The summed E-state index contributed by atoms with van der Waals surface area (Å²) in [6, 6.07) is 10.1. The topological polar surface area (TPSA) is 54.4 Å². The number of pyridine rings is 1. The van der Waals surface area contributed by atoms with Gasteiger partial charge < -0.3 is 15.2 Å². The lowest BCUT2D eigenvalue weighted by atomic mass is 10.0. The molecule has 108 valence electrons. The highest BCUT2D eigenvalue weighted by Crippen LogP contribution is 2.20. The lowest BCUT2D eigenvalue weighted by molar-refractivity contribution is 0.0357. The van der Waals surface area contributed by atoms with Crippen LogP contribution in [0, 0.1) is 6.92 Å². The van der Waals surface area contributed by atoms with Gasteiger partial charge in [-0.05, 0) is 31.5 Å². The Morgan fingerprint density at radius 3 is 2.85 bits per heavy atom. The van der Waals surface area contributed by atoms with Crippen molar-refractivity contribution in [3.05, 3.63) is 35.9 Å². The third kappa shape index (κ3) is 3.68. The Morgan fingerprint density at radius 2 is 2.10 bits per heavy atom. The number of benzene rings is 1. The van der Waals surface area contributed by atoms with E-state index in [2.05, 4.69) is 16.4 Å². The molecular formula is C16H22N2O2. The van der Waals surface area contributed by atoms with Gasteiger partial charge in [0.05, 0.1) is 11.1 Å². The van der Waals surface area contributed by atoms with Crippen LogP contribution in [0.25, 0.3) is 10.9 Å². The number of aliphatic hydroxyl groups is 1. The number of methoxy groups -OCH3 is 1. The normalized spacial score (nSPS) is 14.2. The molecule has 0 aliphatic carbocycles. The van der Waals surface area contributed by atoms with Gasteiger partial charge >= 0.3 is 0 Å². The summed E-state index contributed by atoms with van der Waals surface area (Å²) in [5, 5.41) is 14.6. The largest absolute Gasteiger partial charge is 0.388 e. The molecule has 2 rings (SSSR count). The molecule has 0 aliphatic rings. The van der Waals surface area contributed by atoms with Gasteiger partial charge in [-0.2, -0.15) is 0 Å². The summed E-state index contributed by atoms with van der Waals surface area (Å²) in [4.78, 5) is 4.60. The summed E-state index contributed by atoms with van der Waals surface area (Å²) in [5.74, 6) is 0.821. The lowest BCUT2D eigenvalue weighted by Crippen LogP contribution is -2.35. The molecule has 2 aromatic rings. The number of nitrogens with zero attached hydrogens (tertiary/aromatic N) is 1. The van der Waals surface area contributed by atoms with Crippen molar-refractivity contribution in [3.63, 3.8) is 0 Å². The summed E-state index contributed by atoms with van der Waals surface area (Å²) in [5.41, 5.74) is 1.22. The maximum atomic E-state index is 10.2. The SMILES string of the molecule is COCCC(C)(O)CNc1nc2ccccc2cc1C. The summed E-state index contributed by atoms with van der Waals surface area (Å²) in [7, 11) is 1.64. The fourth-order valence-electron chi connectivity index (χ4n) is 2.09. The highest BCUT2D eigenvalue weighted by molar-refractivity contribution is 5.81. The number of anilines is 1. The molecule has 0 aliphatic heterocycles. The van der Waals surface area contributed by atoms with E-state index in [-0.39, 0.29) is 0 Å². The van der Waals surface area contributed by atoms with Crippen LogP contribution in [0.5, 0.6) is 0 Å². The van der Waals surface area contributed by atoms with Crippen LogP contribution >= 0.6 is 0 Å². The number of aryl methyl sites for hydroxylation is 1. The average Bonchev–Trinajstić information content (AvgIpc) is 2.43. The second-order valence-electron chi connectivity index (χ2n) is 5.44. The first-order valence-corrected chi connectivity index (χ1v) is 6.83. The Kier molecular flexibility index (Phi) is 4.57. The Hall–Kier alpha value is -1.65. The van der Waals surface area contributed by atoms with E-state index in [4.69, 9.17) is 4.74 Å². The van der Waals surface area contributed by atoms with Gasteiger partial charge in [-0.1, -0.05) is 18.2 Å². The van der Waals surface area contributed by atoms with E-state index in [0.29, 0.717) is 19.6 Å². The lowest BCUT2D eigenvalue weighted by Gasteiger charge is -2.24. The molecule has 0 radical (unpaired) electrons. The molecule has 1 aromatic heterocycles. The standard InChI is InChI=1S/C16H22N2O2/c1-12-10-13-6-4-5-7-14(13)18-15(12)17-11-16(2,19)8-9-20-3/h4-7,10,19H,8-9,11H2,1-3H3,(H,17,18). The van der Waals surface area contributed by atoms with E-state index in [1.165, 1.54) is 0 Å². The molecule has 0 bridgehead atoms. The summed E-state index contributed by atoms with van der Waals surface area (Å²) < 4.78 is 5.01. The number of rotatable bonds is 6. The predicted octanol–water partition coefficient (Wildman–Crippen LogP) is 2.74. The molecule has 4 nitrogen and oxygen atoms in total. The van der Waals surface area contributed by atoms with Crippen LogP contribution in [-0.2, 0) is 4.74 Å². The van der Waals surface area contributed by atoms with E-state index < -0.39 is 5.60 Å². The molecule has 1 unspecified atom stereocenters. The molecule has 1 atom stereocenters. The molecule has 20 heavy (non-hydrogen) atoms. The first-order chi connectivity index (χ1) is 9.52. The smallest absolute Gasteiger partial charge is 0.129 e. The van der Waals surface area contributed by atoms with E-state index in [1.54, 1.807) is 14.0 Å². The van der Waals surface area contributed by atoms with E-state index in [9.17, 15) is 5.11 Å². The van der Waals surface area contributed by atoms with Crippen LogP contribution in [0.3, 0.4) is 0 Å². The predicted molar refractivity (Wildman–Crippen MR) is 82.1 cm³/mol. The highest BCUT2D eigenvalue weighted by atomic mass is 16.5. The van der Waals surface area contributed by atoms with Gasteiger partial charge in [0.1, 0.15) is 5.82 Å². The van der Waals surface area contributed by atoms with E-state index in [0.717, 1.165) is 22.3 Å². The quantitative estimate of drug-likeness (QED) is 0.850. The number of nitrogens with one attached hydrogen (secondary N) is 1. The molecule has 1 heterocycles. The van der Waals surface area contributed by atoms with Crippen molar-refractivity contribution < 1.29 is 9.84 Å². The molecule has 0 fully saturated rings. The van der Waals surface area contributed by atoms with E-state index >= 15 is 0 Å². The molecule has 0 spiro atoms. The summed E-state index contributed by atoms with van der Waals surface area (Å²) in [6.45, 7) is 4.81. The van der Waals surface area contributed by atoms with Crippen LogP contribution in [0.2, 0.25) is 0 Å². The Labute approximate surface area is 119 Å². The van der Waals surface area contributed by atoms with Gasteiger partial charge in [-0.3, -0.25) is 0 Å². The third-order valence-corrected chi connectivity index (χ3v) is 3.40. The molecule has 1 aromatic carbocycles. The van der Waals surface area contributed by atoms with E-state index in [1.807, 2.05) is 31.2 Å². The van der Waals surface area contributed by atoms with Crippen molar-refractivity contribution >= 4 is 16.7 Å². The maximum absolute atomic E-state index is 10.2.